The minimum atomic E-state index is -1.01. The number of hydrogen-bond acceptors (Lipinski definition) is 5. The van der Waals surface area contributed by atoms with Crippen molar-refractivity contribution in [3.63, 3.8) is 0 Å². The van der Waals surface area contributed by atoms with Crippen LogP contribution in [-0.2, 0) is 13.0 Å². The SMILES string of the molecule is CCc1nc(C)ccc1OCc1csc(C(=O)O)n1. The first-order chi connectivity index (χ1) is 9.10. The predicted octanol–water partition coefficient (Wildman–Crippen LogP) is 2.69. The van der Waals surface area contributed by atoms with Gasteiger partial charge in [-0.15, -0.1) is 11.3 Å². The van der Waals surface area contributed by atoms with Crippen LogP contribution in [0.1, 0.15) is 33.8 Å². The fourth-order valence-corrected chi connectivity index (χ4v) is 2.24. The van der Waals surface area contributed by atoms with Crippen molar-refractivity contribution in [3.8, 4) is 5.75 Å². The summed E-state index contributed by atoms with van der Waals surface area (Å²) in [5.74, 6) is -0.291. The van der Waals surface area contributed by atoms with E-state index in [1.165, 1.54) is 0 Å². The van der Waals surface area contributed by atoms with E-state index in [0.29, 0.717) is 5.69 Å². The molecule has 0 aliphatic carbocycles. The zero-order chi connectivity index (χ0) is 13.8. The molecule has 0 aliphatic heterocycles. The topological polar surface area (TPSA) is 72.3 Å². The summed E-state index contributed by atoms with van der Waals surface area (Å²) in [6.07, 6.45) is 0.786. The van der Waals surface area contributed by atoms with Crippen molar-refractivity contribution in [2.24, 2.45) is 0 Å². The summed E-state index contributed by atoms with van der Waals surface area (Å²) in [4.78, 5) is 19.1. The average Bonchev–Trinajstić information content (AvgIpc) is 2.86. The number of carbonyl (C=O) groups is 1. The third kappa shape index (κ3) is 3.29. The number of aryl methyl sites for hydroxylation is 2. The highest BCUT2D eigenvalue weighted by Crippen LogP contribution is 2.19. The van der Waals surface area contributed by atoms with E-state index in [4.69, 9.17) is 9.84 Å². The molecule has 0 aliphatic rings. The summed E-state index contributed by atoms with van der Waals surface area (Å²) < 4.78 is 5.65. The van der Waals surface area contributed by atoms with E-state index in [2.05, 4.69) is 9.97 Å². The minimum Gasteiger partial charge on any atom is -0.485 e. The molecule has 0 saturated heterocycles. The Hall–Kier alpha value is -1.95. The van der Waals surface area contributed by atoms with Gasteiger partial charge in [0.2, 0.25) is 5.01 Å². The van der Waals surface area contributed by atoms with Gasteiger partial charge in [0.25, 0.3) is 0 Å². The van der Waals surface area contributed by atoms with Crippen LogP contribution in [0.5, 0.6) is 5.75 Å². The standard InChI is InChI=1S/C13H14N2O3S/c1-3-10-11(5-4-8(2)14-10)18-6-9-7-19-12(15-9)13(16)17/h4-5,7H,3,6H2,1-2H3,(H,16,17). The number of carboxylic acid groups (broad SMARTS) is 1. The molecule has 0 atom stereocenters. The second-order valence-corrected chi connectivity index (χ2v) is 4.85. The van der Waals surface area contributed by atoms with Crippen molar-refractivity contribution in [3.05, 3.63) is 39.6 Å². The molecule has 0 unspecified atom stereocenters. The van der Waals surface area contributed by atoms with E-state index >= 15 is 0 Å². The first kappa shape index (κ1) is 13.5. The Labute approximate surface area is 114 Å². The van der Waals surface area contributed by atoms with Crippen LogP contribution < -0.4 is 4.74 Å². The Kier molecular flexibility index (Phi) is 4.11. The number of hydrogen-bond donors (Lipinski definition) is 1. The van der Waals surface area contributed by atoms with E-state index in [1.54, 1.807) is 5.38 Å². The fraction of sp³-hybridized carbons (Fsp3) is 0.308. The third-order valence-corrected chi connectivity index (χ3v) is 3.40. The number of aromatic carboxylic acids is 1. The van der Waals surface area contributed by atoms with Gasteiger partial charge >= 0.3 is 5.97 Å². The molecule has 2 aromatic rings. The highest BCUT2D eigenvalue weighted by Gasteiger charge is 2.10. The smallest absolute Gasteiger partial charge is 0.365 e. The highest BCUT2D eigenvalue weighted by molar-refractivity contribution is 7.11. The Morgan fingerprint density at radius 3 is 2.84 bits per heavy atom. The fourth-order valence-electron chi connectivity index (χ4n) is 1.61. The Morgan fingerprint density at radius 1 is 1.42 bits per heavy atom. The maximum absolute atomic E-state index is 10.7. The molecule has 5 nitrogen and oxygen atoms in total. The van der Waals surface area contributed by atoms with Crippen molar-refractivity contribution in [2.75, 3.05) is 0 Å². The summed E-state index contributed by atoms with van der Waals surface area (Å²) in [6, 6.07) is 3.77. The molecular formula is C13H14N2O3S. The largest absolute Gasteiger partial charge is 0.485 e. The lowest BCUT2D eigenvalue weighted by Gasteiger charge is -2.09. The van der Waals surface area contributed by atoms with Gasteiger partial charge in [0.15, 0.2) is 0 Å². The number of aromatic nitrogens is 2. The van der Waals surface area contributed by atoms with Crippen molar-refractivity contribution in [1.29, 1.82) is 0 Å². The molecule has 0 aromatic carbocycles. The van der Waals surface area contributed by atoms with Gasteiger partial charge in [-0.3, -0.25) is 4.98 Å². The molecule has 6 heteroatoms. The number of carboxylic acids is 1. The normalized spacial score (nSPS) is 10.4. The molecule has 2 heterocycles. The summed E-state index contributed by atoms with van der Waals surface area (Å²) >= 11 is 1.10. The molecule has 0 spiro atoms. The van der Waals surface area contributed by atoms with Gasteiger partial charge < -0.3 is 9.84 Å². The second kappa shape index (κ2) is 5.79. The van der Waals surface area contributed by atoms with Crippen LogP contribution in [0.2, 0.25) is 0 Å². The zero-order valence-corrected chi connectivity index (χ0v) is 11.5. The van der Waals surface area contributed by atoms with Crippen molar-refractivity contribution < 1.29 is 14.6 Å². The zero-order valence-electron chi connectivity index (χ0n) is 10.7. The minimum absolute atomic E-state index is 0.0800. The van der Waals surface area contributed by atoms with Gasteiger partial charge in [-0.05, 0) is 25.5 Å². The maximum Gasteiger partial charge on any atom is 0.365 e. The van der Waals surface area contributed by atoms with Crippen LogP contribution >= 0.6 is 11.3 Å². The molecule has 0 saturated carbocycles. The van der Waals surface area contributed by atoms with Gasteiger partial charge in [-0.1, -0.05) is 6.92 Å². The van der Waals surface area contributed by atoms with E-state index in [0.717, 1.165) is 34.9 Å². The summed E-state index contributed by atoms with van der Waals surface area (Å²) in [5, 5.41) is 10.6. The van der Waals surface area contributed by atoms with Crippen molar-refractivity contribution >= 4 is 17.3 Å². The van der Waals surface area contributed by atoms with E-state index in [-0.39, 0.29) is 11.6 Å². The lowest BCUT2D eigenvalue weighted by Crippen LogP contribution is -2.02. The van der Waals surface area contributed by atoms with Crippen LogP contribution in [0.3, 0.4) is 0 Å². The summed E-state index contributed by atoms with van der Waals surface area (Å²) in [7, 11) is 0. The van der Waals surface area contributed by atoms with E-state index in [1.807, 2.05) is 26.0 Å². The quantitative estimate of drug-likeness (QED) is 0.910. The average molecular weight is 278 g/mol. The van der Waals surface area contributed by atoms with Gasteiger partial charge in [0.1, 0.15) is 12.4 Å². The van der Waals surface area contributed by atoms with Gasteiger partial charge in [0, 0.05) is 11.1 Å². The van der Waals surface area contributed by atoms with Crippen LogP contribution in [-0.4, -0.2) is 21.0 Å². The molecule has 19 heavy (non-hydrogen) atoms. The number of thiazole rings is 1. The first-order valence-electron chi connectivity index (χ1n) is 5.87. The molecular weight excluding hydrogens is 264 g/mol. The number of nitrogens with zero attached hydrogens (tertiary/aromatic N) is 2. The van der Waals surface area contributed by atoms with Crippen molar-refractivity contribution in [2.45, 2.75) is 26.9 Å². The van der Waals surface area contributed by atoms with E-state index in [9.17, 15) is 4.79 Å². The maximum atomic E-state index is 10.7. The first-order valence-corrected chi connectivity index (χ1v) is 6.75. The molecule has 2 rings (SSSR count). The van der Waals surface area contributed by atoms with Crippen molar-refractivity contribution in [1.82, 2.24) is 9.97 Å². The van der Waals surface area contributed by atoms with Crippen LogP contribution in [0.4, 0.5) is 0 Å². The second-order valence-electron chi connectivity index (χ2n) is 3.99. The number of ether oxygens (including phenoxy) is 1. The molecule has 0 radical (unpaired) electrons. The highest BCUT2D eigenvalue weighted by atomic mass is 32.1. The monoisotopic (exact) mass is 278 g/mol. The lowest BCUT2D eigenvalue weighted by atomic mass is 10.2. The summed E-state index contributed by atoms with van der Waals surface area (Å²) in [6.45, 7) is 4.20. The van der Waals surface area contributed by atoms with E-state index < -0.39 is 5.97 Å². The third-order valence-electron chi connectivity index (χ3n) is 2.52. The van der Waals surface area contributed by atoms with Crippen LogP contribution in [0.15, 0.2) is 17.5 Å². The van der Waals surface area contributed by atoms with Crippen LogP contribution in [0, 0.1) is 6.92 Å². The molecule has 0 amide bonds. The Balaban J connectivity index is 2.07. The van der Waals surface area contributed by atoms with Gasteiger partial charge in [0.05, 0.1) is 11.4 Å². The molecule has 2 aromatic heterocycles. The predicted molar refractivity (Wildman–Crippen MR) is 71.8 cm³/mol. The molecule has 100 valence electrons. The van der Waals surface area contributed by atoms with Gasteiger partial charge in [-0.2, -0.15) is 0 Å². The van der Waals surface area contributed by atoms with Crippen LogP contribution in [0.25, 0.3) is 0 Å². The molecule has 1 N–H and O–H groups in total. The number of pyridine rings is 1. The summed E-state index contributed by atoms with van der Waals surface area (Å²) in [5.41, 5.74) is 2.46. The molecule has 0 bridgehead atoms. The Morgan fingerprint density at radius 2 is 2.21 bits per heavy atom. The number of rotatable bonds is 5. The van der Waals surface area contributed by atoms with Gasteiger partial charge in [-0.25, -0.2) is 9.78 Å². The lowest BCUT2D eigenvalue weighted by molar-refractivity contribution is 0.0696. The Bertz CT molecular complexity index is 595. The molecule has 0 fully saturated rings.